The van der Waals surface area contributed by atoms with Crippen LogP contribution in [-0.4, -0.2) is 26.2 Å². The van der Waals surface area contributed by atoms with Crippen LogP contribution in [0.4, 0.5) is 0 Å². The van der Waals surface area contributed by atoms with Crippen LogP contribution in [0.5, 0.6) is 17.2 Å². The lowest BCUT2D eigenvalue weighted by molar-refractivity contribution is -0.127. The maximum atomic E-state index is 12.6. The van der Waals surface area contributed by atoms with Crippen molar-refractivity contribution in [1.29, 1.82) is 0 Å². The van der Waals surface area contributed by atoms with Crippen molar-refractivity contribution in [2.24, 2.45) is 0 Å². The van der Waals surface area contributed by atoms with Crippen molar-refractivity contribution in [3.63, 3.8) is 0 Å². The summed E-state index contributed by atoms with van der Waals surface area (Å²) in [5, 5.41) is 2.98. The van der Waals surface area contributed by atoms with Gasteiger partial charge in [0.2, 0.25) is 0 Å². The zero-order valence-electron chi connectivity index (χ0n) is 16.3. The van der Waals surface area contributed by atoms with Gasteiger partial charge in [-0.3, -0.25) is 4.79 Å². The summed E-state index contributed by atoms with van der Waals surface area (Å²) in [7, 11) is 3.21. The summed E-state index contributed by atoms with van der Waals surface area (Å²) in [5.41, 5.74) is 2.93. The number of rotatable bonds is 7. The summed E-state index contributed by atoms with van der Waals surface area (Å²) >= 11 is 0. The first-order valence-electron chi connectivity index (χ1n) is 8.62. The van der Waals surface area contributed by atoms with Gasteiger partial charge in [0.1, 0.15) is 17.2 Å². The molecule has 0 aliphatic rings. The highest BCUT2D eigenvalue weighted by molar-refractivity contribution is 5.81. The van der Waals surface area contributed by atoms with Crippen molar-refractivity contribution in [2.45, 2.75) is 39.8 Å². The van der Waals surface area contributed by atoms with Gasteiger partial charge in [-0.05, 0) is 63.1 Å². The van der Waals surface area contributed by atoms with Crippen LogP contribution >= 0.6 is 0 Å². The maximum Gasteiger partial charge on any atom is 0.261 e. The van der Waals surface area contributed by atoms with Crippen LogP contribution in [0.25, 0.3) is 0 Å². The number of hydrogen-bond acceptors (Lipinski definition) is 4. The monoisotopic (exact) mass is 357 g/mol. The Morgan fingerprint density at radius 3 is 2.35 bits per heavy atom. The smallest absolute Gasteiger partial charge is 0.261 e. The molecule has 0 saturated heterocycles. The molecular weight excluding hydrogens is 330 g/mol. The molecule has 140 valence electrons. The van der Waals surface area contributed by atoms with Gasteiger partial charge in [-0.25, -0.2) is 0 Å². The van der Waals surface area contributed by atoms with E-state index in [-0.39, 0.29) is 11.9 Å². The quantitative estimate of drug-likeness (QED) is 0.815. The fourth-order valence-corrected chi connectivity index (χ4v) is 2.66. The van der Waals surface area contributed by atoms with Crippen molar-refractivity contribution in [3.05, 3.63) is 53.1 Å². The highest BCUT2D eigenvalue weighted by Crippen LogP contribution is 2.29. The van der Waals surface area contributed by atoms with E-state index in [9.17, 15) is 4.79 Å². The van der Waals surface area contributed by atoms with Gasteiger partial charge in [-0.1, -0.05) is 12.1 Å². The Morgan fingerprint density at radius 2 is 1.69 bits per heavy atom. The molecule has 5 heteroatoms. The molecule has 0 spiro atoms. The highest BCUT2D eigenvalue weighted by atomic mass is 16.5. The molecule has 0 aromatic heterocycles. The molecule has 0 bridgehead atoms. The van der Waals surface area contributed by atoms with Crippen LogP contribution < -0.4 is 19.5 Å². The Bertz CT molecular complexity index is 773. The summed E-state index contributed by atoms with van der Waals surface area (Å²) in [6, 6.07) is 11.2. The number of hydrogen-bond donors (Lipinski definition) is 1. The van der Waals surface area contributed by atoms with Crippen molar-refractivity contribution in [1.82, 2.24) is 5.32 Å². The van der Waals surface area contributed by atoms with E-state index in [0.29, 0.717) is 11.5 Å². The molecule has 0 saturated carbocycles. The fraction of sp³-hybridized carbons (Fsp3) is 0.381. The lowest BCUT2D eigenvalue weighted by atomic mass is 10.1. The van der Waals surface area contributed by atoms with Crippen LogP contribution in [0, 0.1) is 13.8 Å². The van der Waals surface area contributed by atoms with E-state index in [0.717, 1.165) is 22.4 Å². The summed E-state index contributed by atoms with van der Waals surface area (Å²) in [6.45, 7) is 7.60. The molecule has 0 heterocycles. The van der Waals surface area contributed by atoms with Crippen molar-refractivity contribution < 1.29 is 19.0 Å². The fourth-order valence-electron chi connectivity index (χ4n) is 2.66. The summed E-state index contributed by atoms with van der Waals surface area (Å²) < 4.78 is 16.5. The van der Waals surface area contributed by atoms with Gasteiger partial charge in [0.25, 0.3) is 5.91 Å². The van der Waals surface area contributed by atoms with Crippen molar-refractivity contribution in [3.8, 4) is 17.2 Å². The van der Waals surface area contributed by atoms with E-state index < -0.39 is 6.10 Å². The zero-order chi connectivity index (χ0) is 19.3. The van der Waals surface area contributed by atoms with Crippen LogP contribution in [-0.2, 0) is 4.79 Å². The minimum Gasteiger partial charge on any atom is -0.497 e. The average Bonchev–Trinajstić information content (AvgIpc) is 2.63. The maximum absolute atomic E-state index is 12.6. The second kappa shape index (κ2) is 8.61. The largest absolute Gasteiger partial charge is 0.497 e. The van der Waals surface area contributed by atoms with Crippen molar-refractivity contribution >= 4 is 5.91 Å². The Kier molecular flexibility index (Phi) is 6.50. The lowest BCUT2D eigenvalue weighted by Gasteiger charge is -2.21. The molecule has 2 rings (SSSR count). The molecular formula is C21H27NO4. The first-order chi connectivity index (χ1) is 12.3. The van der Waals surface area contributed by atoms with Crippen LogP contribution in [0.2, 0.25) is 0 Å². The Balaban J connectivity index is 2.10. The predicted molar refractivity (Wildman–Crippen MR) is 102 cm³/mol. The Hall–Kier alpha value is -2.69. The molecule has 0 aliphatic carbocycles. The molecule has 5 nitrogen and oxygen atoms in total. The van der Waals surface area contributed by atoms with Crippen LogP contribution in [0.1, 0.15) is 36.6 Å². The Morgan fingerprint density at radius 1 is 0.962 bits per heavy atom. The van der Waals surface area contributed by atoms with E-state index in [1.54, 1.807) is 21.1 Å². The predicted octanol–water partition coefficient (Wildman–Crippen LogP) is 3.97. The van der Waals surface area contributed by atoms with E-state index in [1.807, 2.05) is 57.2 Å². The average molecular weight is 357 g/mol. The SMILES string of the molecule is COc1ccc(OC)c([C@@H](C)NC(=O)[C@H](C)Oc2cc(C)ccc2C)c1. The van der Waals surface area contributed by atoms with Gasteiger partial charge in [0.05, 0.1) is 20.3 Å². The normalized spacial score (nSPS) is 12.8. The van der Waals surface area contributed by atoms with E-state index in [4.69, 9.17) is 14.2 Å². The van der Waals surface area contributed by atoms with Gasteiger partial charge in [0, 0.05) is 5.56 Å². The number of aryl methyl sites for hydroxylation is 2. The molecule has 26 heavy (non-hydrogen) atoms. The molecule has 1 N–H and O–H groups in total. The summed E-state index contributed by atoms with van der Waals surface area (Å²) in [4.78, 5) is 12.6. The minimum atomic E-state index is -0.616. The van der Waals surface area contributed by atoms with Crippen LogP contribution in [0.3, 0.4) is 0 Å². The molecule has 1 amide bonds. The second-order valence-corrected chi connectivity index (χ2v) is 6.37. The molecule has 2 aromatic rings. The minimum absolute atomic E-state index is 0.191. The van der Waals surface area contributed by atoms with E-state index in [2.05, 4.69) is 5.32 Å². The summed E-state index contributed by atoms with van der Waals surface area (Å²) in [6.07, 6.45) is -0.616. The number of methoxy groups -OCH3 is 2. The third-order valence-electron chi connectivity index (χ3n) is 4.28. The highest BCUT2D eigenvalue weighted by Gasteiger charge is 2.20. The number of benzene rings is 2. The van der Waals surface area contributed by atoms with Gasteiger partial charge in [0.15, 0.2) is 6.10 Å². The molecule has 0 radical (unpaired) electrons. The van der Waals surface area contributed by atoms with Gasteiger partial charge in [-0.15, -0.1) is 0 Å². The molecule has 0 unspecified atom stereocenters. The number of nitrogens with one attached hydrogen (secondary N) is 1. The zero-order valence-corrected chi connectivity index (χ0v) is 16.3. The number of carbonyl (C=O) groups excluding carboxylic acids is 1. The second-order valence-electron chi connectivity index (χ2n) is 6.37. The third kappa shape index (κ3) is 4.69. The first-order valence-corrected chi connectivity index (χ1v) is 8.62. The van der Waals surface area contributed by atoms with Gasteiger partial charge in [-0.2, -0.15) is 0 Å². The van der Waals surface area contributed by atoms with Crippen molar-refractivity contribution in [2.75, 3.05) is 14.2 Å². The van der Waals surface area contributed by atoms with Gasteiger partial charge >= 0.3 is 0 Å². The lowest BCUT2D eigenvalue weighted by Crippen LogP contribution is -2.38. The standard InChI is InChI=1S/C21H27NO4/c1-13-7-8-14(2)20(11-13)26-16(4)21(23)22-15(3)18-12-17(24-5)9-10-19(18)25-6/h7-12,15-16H,1-6H3,(H,22,23)/t15-,16+/m1/s1. The third-order valence-corrected chi connectivity index (χ3v) is 4.28. The van der Waals surface area contributed by atoms with E-state index in [1.165, 1.54) is 0 Å². The van der Waals surface area contributed by atoms with Crippen LogP contribution in [0.15, 0.2) is 36.4 Å². The number of amides is 1. The first kappa shape index (κ1) is 19.6. The number of ether oxygens (including phenoxy) is 3. The topological polar surface area (TPSA) is 56.8 Å². The van der Waals surface area contributed by atoms with E-state index >= 15 is 0 Å². The molecule has 2 atom stereocenters. The number of carbonyl (C=O) groups is 1. The Labute approximate surface area is 155 Å². The van der Waals surface area contributed by atoms with Gasteiger partial charge < -0.3 is 19.5 Å². The molecule has 0 fully saturated rings. The molecule has 2 aromatic carbocycles. The summed E-state index contributed by atoms with van der Waals surface area (Å²) in [5.74, 6) is 1.94. The molecule has 0 aliphatic heterocycles.